The molecule has 132 valence electrons. The van der Waals surface area contributed by atoms with Gasteiger partial charge in [-0.15, -0.1) is 0 Å². The predicted molar refractivity (Wildman–Crippen MR) is 94.4 cm³/mol. The van der Waals surface area contributed by atoms with Gasteiger partial charge in [0.25, 0.3) is 5.91 Å². The van der Waals surface area contributed by atoms with E-state index in [1.807, 2.05) is 59.1 Å². The monoisotopic (exact) mass is 341 g/mol. The van der Waals surface area contributed by atoms with Gasteiger partial charge in [0.2, 0.25) is 5.91 Å². The number of hydrogen-bond donors (Lipinski definition) is 0. The van der Waals surface area contributed by atoms with Gasteiger partial charge < -0.3 is 19.1 Å². The Morgan fingerprint density at radius 3 is 2.52 bits per heavy atom. The van der Waals surface area contributed by atoms with E-state index in [2.05, 4.69) is 0 Å². The van der Waals surface area contributed by atoms with Crippen molar-refractivity contribution in [1.29, 1.82) is 0 Å². The first-order chi connectivity index (χ1) is 12.0. The molecule has 25 heavy (non-hydrogen) atoms. The van der Waals surface area contributed by atoms with E-state index in [1.165, 1.54) is 0 Å². The Morgan fingerprint density at radius 2 is 1.88 bits per heavy atom. The first-order valence-corrected chi connectivity index (χ1v) is 8.33. The molecule has 0 radical (unpaired) electrons. The highest BCUT2D eigenvalue weighted by molar-refractivity contribution is 5.93. The second kappa shape index (κ2) is 7.01. The Hall–Kier alpha value is -2.76. The van der Waals surface area contributed by atoms with Crippen LogP contribution in [-0.2, 0) is 11.8 Å². The minimum Gasteiger partial charge on any atom is -0.496 e. The van der Waals surface area contributed by atoms with Crippen LogP contribution in [0.3, 0.4) is 0 Å². The number of benzene rings is 1. The standard InChI is InChI=1S/C19H23N3O3/c1-14(23)21-11-12-22(19(24)16-8-6-10-20(16)2)17(13-21)15-7-4-5-9-18(15)25-3/h4-10,17H,11-13H2,1-3H3. The fourth-order valence-corrected chi connectivity index (χ4v) is 3.35. The number of hydrogen-bond acceptors (Lipinski definition) is 3. The van der Waals surface area contributed by atoms with Gasteiger partial charge in [0.05, 0.1) is 13.2 Å². The Morgan fingerprint density at radius 1 is 1.12 bits per heavy atom. The van der Waals surface area contributed by atoms with Gasteiger partial charge in [-0.05, 0) is 18.2 Å². The van der Waals surface area contributed by atoms with Crippen molar-refractivity contribution >= 4 is 11.8 Å². The van der Waals surface area contributed by atoms with Crippen molar-refractivity contribution in [2.45, 2.75) is 13.0 Å². The van der Waals surface area contributed by atoms with Crippen molar-refractivity contribution in [3.63, 3.8) is 0 Å². The molecule has 1 saturated heterocycles. The summed E-state index contributed by atoms with van der Waals surface area (Å²) in [5.74, 6) is 0.708. The maximum atomic E-state index is 13.1. The van der Waals surface area contributed by atoms with Gasteiger partial charge in [-0.1, -0.05) is 18.2 Å². The van der Waals surface area contributed by atoms with Crippen LogP contribution in [0.1, 0.15) is 29.0 Å². The van der Waals surface area contributed by atoms with Gasteiger partial charge in [-0.2, -0.15) is 0 Å². The Bertz CT molecular complexity index is 784. The molecule has 1 aromatic heterocycles. The molecule has 2 amide bonds. The lowest BCUT2D eigenvalue weighted by atomic mass is 10.0. The molecule has 1 aromatic carbocycles. The summed E-state index contributed by atoms with van der Waals surface area (Å²) < 4.78 is 7.31. The van der Waals surface area contributed by atoms with E-state index in [0.29, 0.717) is 25.3 Å². The smallest absolute Gasteiger partial charge is 0.271 e. The summed E-state index contributed by atoms with van der Waals surface area (Å²) in [6, 6.07) is 11.1. The molecule has 0 spiro atoms. The first-order valence-electron chi connectivity index (χ1n) is 8.33. The van der Waals surface area contributed by atoms with Crippen LogP contribution < -0.4 is 4.74 Å². The van der Waals surface area contributed by atoms with Crippen LogP contribution in [0.15, 0.2) is 42.6 Å². The van der Waals surface area contributed by atoms with E-state index in [9.17, 15) is 9.59 Å². The molecule has 0 saturated carbocycles. The summed E-state index contributed by atoms with van der Waals surface area (Å²) in [6.07, 6.45) is 1.86. The van der Waals surface area contributed by atoms with E-state index in [4.69, 9.17) is 4.74 Å². The number of rotatable bonds is 3. The number of aromatic nitrogens is 1. The number of para-hydroxylation sites is 1. The quantitative estimate of drug-likeness (QED) is 0.859. The fourth-order valence-electron chi connectivity index (χ4n) is 3.35. The third-order valence-electron chi connectivity index (χ3n) is 4.75. The Labute approximate surface area is 147 Å². The lowest BCUT2D eigenvalue weighted by Crippen LogP contribution is -2.52. The van der Waals surface area contributed by atoms with E-state index >= 15 is 0 Å². The average Bonchev–Trinajstić information content (AvgIpc) is 3.06. The van der Waals surface area contributed by atoms with Crippen LogP contribution in [0.25, 0.3) is 0 Å². The van der Waals surface area contributed by atoms with Gasteiger partial charge in [0, 0.05) is 45.4 Å². The molecule has 0 bridgehead atoms. The first kappa shape index (κ1) is 17.1. The second-order valence-electron chi connectivity index (χ2n) is 6.23. The average molecular weight is 341 g/mol. The normalized spacial score (nSPS) is 17.5. The minimum atomic E-state index is -0.240. The molecule has 1 aliphatic rings. The Kier molecular flexibility index (Phi) is 4.79. The zero-order valence-corrected chi connectivity index (χ0v) is 14.8. The minimum absolute atomic E-state index is 0.0193. The van der Waals surface area contributed by atoms with Crippen LogP contribution >= 0.6 is 0 Å². The lowest BCUT2D eigenvalue weighted by molar-refractivity contribution is -0.131. The van der Waals surface area contributed by atoms with Crippen LogP contribution in [0.5, 0.6) is 5.75 Å². The molecular weight excluding hydrogens is 318 g/mol. The van der Waals surface area contributed by atoms with Crippen LogP contribution in [0.2, 0.25) is 0 Å². The lowest BCUT2D eigenvalue weighted by Gasteiger charge is -2.41. The molecule has 2 aromatic rings. The highest BCUT2D eigenvalue weighted by Gasteiger charge is 2.35. The molecule has 6 heteroatoms. The molecule has 0 aliphatic carbocycles. The van der Waals surface area contributed by atoms with Gasteiger partial charge in [0.15, 0.2) is 0 Å². The number of nitrogens with zero attached hydrogens (tertiary/aromatic N) is 3. The zero-order chi connectivity index (χ0) is 18.0. The highest BCUT2D eigenvalue weighted by Crippen LogP contribution is 2.33. The molecule has 1 atom stereocenters. The van der Waals surface area contributed by atoms with Gasteiger partial charge in [0.1, 0.15) is 11.4 Å². The number of piperazine rings is 1. The molecular formula is C19H23N3O3. The van der Waals surface area contributed by atoms with Crippen LogP contribution in [0, 0.1) is 0 Å². The van der Waals surface area contributed by atoms with Crippen molar-refractivity contribution in [2.75, 3.05) is 26.7 Å². The number of ether oxygens (including phenoxy) is 1. The predicted octanol–water partition coefficient (Wildman–Crippen LogP) is 2.08. The third-order valence-corrected chi connectivity index (χ3v) is 4.75. The molecule has 6 nitrogen and oxygen atoms in total. The van der Waals surface area contributed by atoms with E-state index in [0.717, 1.165) is 11.3 Å². The van der Waals surface area contributed by atoms with Crippen molar-refractivity contribution in [2.24, 2.45) is 7.05 Å². The summed E-state index contributed by atoms with van der Waals surface area (Å²) in [4.78, 5) is 28.6. The SMILES string of the molecule is COc1ccccc1C1CN(C(C)=O)CCN1C(=O)c1cccn1C. The van der Waals surface area contributed by atoms with Crippen LogP contribution in [-0.4, -0.2) is 52.9 Å². The number of methoxy groups -OCH3 is 1. The maximum absolute atomic E-state index is 13.1. The molecule has 1 fully saturated rings. The van der Waals surface area contributed by atoms with E-state index < -0.39 is 0 Å². The van der Waals surface area contributed by atoms with Gasteiger partial charge in [-0.25, -0.2) is 0 Å². The topological polar surface area (TPSA) is 54.8 Å². The van der Waals surface area contributed by atoms with Crippen LogP contribution in [0.4, 0.5) is 0 Å². The molecule has 1 aliphatic heterocycles. The summed E-state index contributed by atoms with van der Waals surface area (Å²) in [5, 5.41) is 0. The van der Waals surface area contributed by atoms with Gasteiger partial charge >= 0.3 is 0 Å². The van der Waals surface area contributed by atoms with Crippen molar-refractivity contribution < 1.29 is 14.3 Å². The molecule has 3 rings (SSSR count). The van der Waals surface area contributed by atoms with Crippen molar-refractivity contribution in [1.82, 2.24) is 14.4 Å². The zero-order valence-electron chi connectivity index (χ0n) is 14.8. The number of carbonyl (C=O) groups excluding carboxylic acids is 2. The fraction of sp³-hybridized carbons (Fsp3) is 0.368. The molecule has 0 N–H and O–H groups in total. The summed E-state index contributed by atoms with van der Waals surface area (Å²) in [5.41, 5.74) is 1.55. The number of aryl methyl sites for hydroxylation is 1. The highest BCUT2D eigenvalue weighted by atomic mass is 16.5. The molecule has 2 heterocycles. The van der Waals surface area contributed by atoms with E-state index in [-0.39, 0.29) is 17.9 Å². The Balaban J connectivity index is 1.99. The number of amides is 2. The largest absolute Gasteiger partial charge is 0.496 e. The number of carbonyl (C=O) groups is 2. The summed E-state index contributed by atoms with van der Waals surface area (Å²) >= 11 is 0. The molecule has 1 unspecified atom stereocenters. The summed E-state index contributed by atoms with van der Waals surface area (Å²) in [7, 11) is 3.48. The second-order valence-corrected chi connectivity index (χ2v) is 6.23. The van der Waals surface area contributed by atoms with Crippen molar-refractivity contribution in [3.05, 3.63) is 53.9 Å². The van der Waals surface area contributed by atoms with Crippen molar-refractivity contribution in [3.8, 4) is 5.75 Å². The summed E-state index contributed by atoms with van der Waals surface area (Å²) in [6.45, 7) is 3.06. The van der Waals surface area contributed by atoms with Gasteiger partial charge in [-0.3, -0.25) is 9.59 Å². The maximum Gasteiger partial charge on any atom is 0.271 e. The third kappa shape index (κ3) is 3.24. The van der Waals surface area contributed by atoms with E-state index in [1.54, 1.807) is 18.9 Å².